The summed E-state index contributed by atoms with van der Waals surface area (Å²) in [4.78, 5) is 86.5. The van der Waals surface area contributed by atoms with Crippen LogP contribution in [0.4, 0.5) is 14.5 Å². The molecule has 2 aliphatic rings. The summed E-state index contributed by atoms with van der Waals surface area (Å²) in [5, 5.41) is 2.75. The molecule has 60 heavy (non-hydrogen) atoms. The number of hydrogen-bond acceptors (Lipinski definition) is 11. The van der Waals surface area contributed by atoms with Gasteiger partial charge in [0, 0.05) is 55.3 Å². The van der Waals surface area contributed by atoms with Gasteiger partial charge >= 0.3 is 25.2 Å². The van der Waals surface area contributed by atoms with Gasteiger partial charge in [0.1, 0.15) is 17.8 Å². The van der Waals surface area contributed by atoms with E-state index in [1.807, 2.05) is 6.07 Å². The second-order valence-electron chi connectivity index (χ2n) is 16.9. The van der Waals surface area contributed by atoms with Crippen molar-refractivity contribution >= 4 is 59.8 Å². The standard InChI is InChI=1S/C41H52F2N5O11P/c1-25(49)47-19-18-29-15-17-33(36(52)46(8)28-12-10-9-11-13-28)48(29)35(51)32(22-47)45-34(50)31-21-26-20-27(14-16-30(26)44-31)41(42,43)60(55,58-23-56-37(53)39(2,3)4)59-24-57-38(54)40(5,6)7/h9-14,16,20-21,29,32-33,44H,15,17-19,22-24H2,1-8H3,(H,45,50)/t29-,32+,33+/m1/s1. The first-order valence-corrected chi connectivity index (χ1v) is 20.9. The third kappa shape index (κ3) is 10.0. The molecular weight excluding hydrogens is 807 g/mol. The summed E-state index contributed by atoms with van der Waals surface area (Å²) >= 11 is 0. The number of benzene rings is 2. The third-order valence-electron chi connectivity index (χ3n) is 10.3. The molecule has 1 aromatic heterocycles. The third-order valence-corrected chi connectivity index (χ3v) is 12.1. The Morgan fingerprint density at radius 2 is 1.48 bits per heavy atom. The second-order valence-corrected chi connectivity index (χ2v) is 19.0. The topological polar surface area (TPSA) is 194 Å². The summed E-state index contributed by atoms with van der Waals surface area (Å²) in [7, 11) is -4.00. The first kappa shape index (κ1) is 45.9. The van der Waals surface area contributed by atoms with E-state index in [4.69, 9.17) is 18.5 Å². The van der Waals surface area contributed by atoms with Crippen LogP contribution in [0.2, 0.25) is 0 Å². The minimum absolute atomic E-state index is 0.0609. The average molecular weight is 860 g/mol. The number of alkyl halides is 2. The quantitative estimate of drug-likeness (QED) is 0.125. The van der Waals surface area contributed by atoms with E-state index in [9.17, 15) is 33.3 Å². The summed E-state index contributed by atoms with van der Waals surface area (Å²) in [6.07, 6.45) is 1.33. The average Bonchev–Trinajstić information content (AvgIpc) is 3.81. The number of anilines is 1. The number of para-hydroxylation sites is 1. The maximum absolute atomic E-state index is 16.3. The van der Waals surface area contributed by atoms with Crippen molar-refractivity contribution < 1.29 is 60.6 Å². The molecule has 0 radical (unpaired) electrons. The predicted molar refractivity (Wildman–Crippen MR) is 214 cm³/mol. The normalized spacial score (nSPS) is 19.0. The van der Waals surface area contributed by atoms with Crippen molar-refractivity contribution in [1.29, 1.82) is 0 Å². The van der Waals surface area contributed by atoms with E-state index < -0.39 is 79.1 Å². The molecular formula is C41H52F2N5O11P. The van der Waals surface area contributed by atoms with Crippen LogP contribution in [0.3, 0.4) is 0 Å². The summed E-state index contributed by atoms with van der Waals surface area (Å²) in [5.41, 5.74) is -6.67. The molecule has 2 saturated heterocycles. The van der Waals surface area contributed by atoms with Gasteiger partial charge in [-0.05, 0) is 91.1 Å². The summed E-state index contributed by atoms with van der Waals surface area (Å²) in [6.45, 7) is 8.17. The van der Waals surface area contributed by atoms with E-state index in [1.165, 1.54) is 75.3 Å². The molecule has 4 amide bonds. The smallest absolute Gasteiger partial charge is 0.410 e. The van der Waals surface area contributed by atoms with Gasteiger partial charge in [0.2, 0.25) is 31.3 Å². The van der Waals surface area contributed by atoms with Crippen molar-refractivity contribution in [3.63, 3.8) is 0 Å². The van der Waals surface area contributed by atoms with E-state index in [1.54, 1.807) is 31.3 Å². The van der Waals surface area contributed by atoms with Gasteiger partial charge in [-0.1, -0.05) is 24.3 Å². The maximum atomic E-state index is 16.3. The van der Waals surface area contributed by atoms with E-state index in [0.717, 1.165) is 12.1 Å². The van der Waals surface area contributed by atoms with Crippen LogP contribution in [0.5, 0.6) is 0 Å². The number of hydrogen-bond donors (Lipinski definition) is 2. The molecule has 2 fully saturated rings. The van der Waals surface area contributed by atoms with Gasteiger partial charge < -0.3 is 34.5 Å². The summed E-state index contributed by atoms with van der Waals surface area (Å²) in [6, 6.07) is 10.8. The van der Waals surface area contributed by atoms with E-state index in [2.05, 4.69) is 10.3 Å². The molecule has 2 aliphatic heterocycles. The predicted octanol–water partition coefficient (Wildman–Crippen LogP) is 5.91. The van der Waals surface area contributed by atoms with Crippen LogP contribution in [-0.4, -0.2) is 102 Å². The van der Waals surface area contributed by atoms with Crippen LogP contribution in [-0.2, 0) is 52.7 Å². The van der Waals surface area contributed by atoms with Crippen LogP contribution in [0, 0.1) is 10.8 Å². The fraction of sp³-hybridized carbons (Fsp3) is 0.512. The minimum atomic E-state index is -5.63. The van der Waals surface area contributed by atoms with Crippen LogP contribution >= 0.6 is 7.60 Å². The van der Waals surface area contributed by atoms with Gasteiger partial charge in [-0.25, -0.2) is 0 Å². The number of esters is 2. The highest BCUT2D eigenvalue weighted by atomic mass is 31.2. The number of ether oxygens (including phenoxy) is 2. The van der Waals surface area contributed by atoms with Crippen LogP contribution in [0.15, 0.2) is 54.6 Å². The zero-order chi connectivity index (χ0) is 44.4. The zero-order valence-electron chi connectivity index (χ0n) is 34.9. The first-order valence-electron chi connectivity index (χ1n) is 19.4. The Bertz CT molecular complexity index is 2130. The molecule has 2 N–H and O–H groups in total. The fourth-order valence-corrected chi connectivity index (χ4v) is 8.02. The molecule has 0 saturated carbocycles. The lowest BCUT2D eigenvalue weighted by Crippen LogP contribution is -2.61. The summed E-state index contributed by atoms with van der Waals surface area (Å²) < 4.78 is 66.2. The van der Waals surface area contributed by atoms with Gasteiger partial charge in [-0.2, -0.15) is 8.78 Å². The number of aromatic amines is 1. The Morgan fingerprint density at radius 1 is 0.883 bits per heavy atom. The molecule has 5 rings (SSSR count). The molecule has 326 valence electrons. The first-order chi connectivity index (χ1) is 27.9. The lowest BCUT2D eigenvalue weighted by molar-refractivity contribution is -0.163. The number of aromatic nitrogens is 1. The van der Waals surface area contributed by atoms with Crippen molar-refractivity contribution in [3.05, 3.63) is 65.9 Å². The molecule has 16 nitrogen and oxygen atoms in total. The van der Waals surface area contributed by atoms with Crippen LogP contribution in [0.25, 0.3) is 10.9 Å². The van der Waals surface area contributed by atoms with Gasteiger partial charge in [-0.3, -0.25) is 42.4 Å². The Kier molecular flexibility index (Phi) is 13.6. The lowest BCUT2D eigenvalue weighted by Gasteiger charge is -2.39. The second kappa shape index (κ2) is 17.8. The van der Waals surface area contributed by atoms with E-state index in [-0.39, 0.29) is 47.5 Å². The molecule has 0 unspecified atom stereocenters. The molecule has 3 aromatic rings. The Hall–Kier alpha value is -5.19. The Balaban J connectivity index is 1.39. The fourth-order valence-electron chi connectivity index (χ4n) is 6.78. The molecule has 3 atom stereocenters. The van der Waals surface area contributed by atoms with E-state index >= 15 is 8.78 Å². The van der Waals surface area contributed by atoms with Gasteiger partial charge in [0.05, 0.1) is 10.8 Å². The minimum Gasteiger partial charge on any atom is -0.438 e. The van der Waals surface area contributed by atoms with Crippen molar-refractivity contribution in [3.8, 4) is 0 Å². The highest BCUT2D eigenvalue weighted by Gasteiger charge is 2.56. The van der Waals surface area contributed by atoms with Crippen molar-refractivity contribution in [1.82, 2.24) is 20.1 Å². The molecule has 3 heterocycles. The number of nitrogens with zero attached hydrogens (tertiary/aromatic N) is 3. The van der Waals surface area contributed by atoms with Gasteiger partial charge in [-0.15, -0.1) is 0 Å². The van der Waals surface area contributed by atoms with Crippen LogP contribution in [0.1, 0.15) is 83.8 Å². The molecule has 0 spiro atoms. The number of H-pyrrole nitrogens is 1. The van der Waals surface area contributed by atoms with E-state index in [0.29, 0.717) is 24.9 Å². The Morgan fingerprint density at radius 3 is 2.05 bits per heavy atom. The highest BCUT2D eigenvalue weighted by Crippen LogP contribution is 2.67. The zero-order valence-corrected chi connectivity index (χ0v) is 35.8. The number of carbonyl (C=O) groups is 6. The number of fused-ring (bicyclic) bond motifs is 2. The lowest BCUT2D eigenvalue weighted by atomic mass is 9.98. The highest BCUT2D eigenvalue weighted by molar-refractivity contribution is 7.54. The van der Waals surface area contributed by atoms with Crippen molar-refractivity contribution in [2.24, 2.45) is 10.8 Å². The van der Waals surface area contributed by atoms with Gasteiger partial charge in [0.15, 0.2) is 0 Å². The SMILES string of the molecule is CC(=O)N1CC[C@H]2CC[C@@H](C(=O)N(C)c3ccccc3)N2C(=O)[C@@H](NC(=O)c2cc3cc(C(F)(F)P(=O)(OCOC(=O)C(C)(C)C)OCOC(=O)C(C)(C)C)ccc3[nH]2)C1. The molecule has 0 aliphatic carbocycles. The number of amides is 4. The Labute approximate surface area is 346 Å². The monoisotopic (exact) mass is 859 g/mol. The number of likely N-dealkylation sites (N-methyl/N-ethyl adjacent to an activating group) is 1. The summed E-state index contributed by atoms with van der Waals surface area (Å²) in [5.74, 6) is -3.64. The number of nitrogens with one attached hydrogen (secondary N) is 2. The largest absolute Gasteiger partial charge is 0.438 e. The van der Waals surface area contributed by atoms with Crippen molar-refractivity contribution in [2.45, 2.75) is 91.5 Å². The van der Waals surface area contributed by atoms with Gasteiger partial charge in [0.25, 0.3) is 5.91 Å². The molecule has 2 aromatic carbocycles. The maximum Gasteiger partial charge on any atom is 0.410 e. The molecule has 0 bridgehead atoms. The van der Waals surface area contributed by atoms with Crippen LogP contribution < -0.4 is 10.2 Å². The number of halogens is 2. The number of rotatable bonds is 12. The number of carbonyl (C=O) groups excluding carboxylic acids is 6. The molecule has 19 heteroatoms. The van der Waals surface area contributed by atoms with Crippen molar-refractivity contribution in [2.75, 3.05) is 38.6 Å².